The van der Waals surface area contributed by atoms with Crippen LogP contribution in [0.1, 0.15) is 30.7 Å². The first-order chi connectivity index (χ1) is 16.8. The molecule has 0 atom stereocenters. The van der Waals surface area contributed by atoms with Gasteiger partial charge in [0.1, 0.15) is 11.0 Å². The maximum absolute atomic E-state index is 13.2. The highest BCUT2D eigenvalue weighted by Crippen LogP contribution is 2.23. The fourth-order valence-electron chi connectivity index (χ4n) is 4.27. The van der Waals surface area contributed by atoms with Crippen molar-refractivity contribution in [3.8, 4) is 5.82 Å². The molecular formula is C25H29N7O3. The van der Waals surface area contributed by atoms with Crippen molar-refractivity contribution in [3.63, 3.8) is 0 Å². The van der Waals surface area contributed by atoms with Crippen molar-refractivity contribution in [2.24, 2.45) is 0 Å². The standard InChI is InChI=1S/C25H29N7O3/c1-25(2,34)20-5-4-6-21(29-20)32-22-19(23(33)31(32)11-12-35-3)15-27-24(30-22)28-18-8-7-17-14-26-10-9-16(17)13-18/h4-8,13,15,26,34H,9-12,14H2,1-3H3,(H,27,28,30). The first kappa shape index (κ1) is 23.2. The highest BCUT2D eigenvalue weighted by Gasteiger charge is 2.22. The summed E-state index contributed by atoms with van der Waals surface area (Å²) in [5, 5.41) is 17.5. The molecule has 3 N–H and O–H groups in total. The number of hydrogen-bond acceptors (Lipinski definition) is 8. The number of nitrogens with one attached hydrogen (secondary N) is 2. The predicted octanol–water partition coefficient (Wildman–Crippen LogP) is 2.24. The van der Waals surface area contributed by atoms with Gasteiger partial charge in [-0.2, -0.15) is 4.98 Å². The van der Waals surface area contributed by atoms with Gasteiger partial charge >= 0.3 is 0 Å². The Morgan fingerprint density at radius 3 is 2.86 bits per heavy atom. The molecule has 0 spiro atoms. The fraction of sp³-hybridized carbons (Fsp3) is 0.360. The van der Waals surface area contributed by atoms with Gasteiger partial charge in [0, 0.05) is 25.5 Å². The van der Waals surface area contributed by atoms with Crippen LogP contribution in [0.4, 0.5) is 11.6 Å². The number of anilines is 2. The normalized spacial score (nSPS) is 13.7. The molecule has 0 saturated heterocycles. The summed E-state index contributed by atoms with van der Waals surface area (Å²) in [7, 11) is 1.58. The molecule has 0 unspecified atom stereocenters. The third kappa shape index (κ3) is 4.55. The zero-order chi connectivity index (χ0) is 24.6. The van der Waals surface area contributed by atoms with E-state index in [0.29, 0.717) is 41.6 Å². The lowest BCUT2D eigenvalue weighted by molar-refractivity contribution is 0.0737. The maximum atomic E-state index is 13.2. The summed E-state index contributed by atoms with van der Waals surface area (Å²) in [6.45, 7) is 5.81. The third-order valence-corrected chi connectivity index (χ3v) is 6.11. The Labute approximate surface area is 202 Å². The minimum atomic E-state index is -1.14. The second-order valence-corrected chi connectivity index (χ2v) is 9.14. The van der Waals surface area contributed by atoms with Crippen LogP contribution < -0.4 is 16.2 Å². The second-order valence-electron chi connectivity index (χ2n) is 9.14. The van der Waals surface area contributed by atoms with Crippen LogP contribution >= 0.6 is 0 Å². The highest BCUT2D eigenvalue weighted by molar-refractivity contribution is 5.77. The number of fused-ring (bicyclic) bond motifs is 2. The van der Waals surface area contributed by atoms with Crippen LogP contribution in [0.5, 0.6) is 0 Å². The summed E-state index contributed by atoms with van der Waals surface area (Å²) in [5.74, 6) is 0.849. The van der Waals surface area contributed by atoms with Crippen LogP contribution in [0.2, 0.25) is 0 Å². The van der Waals surface area contributed by atoms with Crippen LogP contribution in [-0.2, 0) is 29.8 Å². The quantitative estimate of drug-likeness (QED) is 0.372. The average Bonchev–Trinajstić information content (AvgIpc) is 3.13. The summed E-state index contributed by atoms with van der Waals surface area (Å²) < 4.78 is 8.43. The van der Waals surface area contributed by atoms with Crippen LogP contribution in [0.15, 0.2) is 47.4 Å². The Morgan fingerprint density at radius 1 is 1.20 bits per heavy atom. The molecule has 0 fully saturated rings. The number of aliphatic hydroxyl groups is 1. The predicted molar refractivity (Wildman–Crippen MR) is 133 cm³/mol. The van der Waals surface area contributed by atoms with Crippen molar-refractivity contribution >= 4 is 22.7 Å². The molecule has 10 nitrogen and oxygen atoms in total. The topological polar surface area (TPSA) is 119 Å². The van der Waals surface area contributed by atoms with Crippen molar-refractivity contribution in [2.75, 3.05) is 25.6 Å². The molecule has 0 amide bonds. The number of hydrogen-bond donors (Lipinski definition) is 3. The Kier molecular flexibility index (Phi) is 6.10. The molecule has 5 rings (SSSR count). The van der Waals surface area contributed by atoms with E-state index < -0.39 is 5.60 Å². The largest absolute Gasteiger partial charge is 0.384 e. The van der Waals surface area contributed by atoms with Crippen molar-refractivity contribution in [3.05, 3.63) is 69.8 Å². The number of aromatic nitrogens is 5. The van der Waals surface area contributed by atoms with Gasteiger partial charge < -0.3 is 20.5 Å². The van der Waals surface area contributed by atoms with E-state index in [1.807, 2.05) is 6.07 Å². The van der Waals surface area contributed by atoms with Gasteiger partial charge in [0.15, 0.2) is 11.5 Å². The number of benzene rings is 1. The molecule has 35 heavy (non-hydrogen) atoms. The van der Waals surface area contributed by atoms with E-state index >= 15 is 0 Å². The molecule has 182 valence electrons. The first-order valence-electron chi connectivity index (χ1n) is 11.6. The number of rotatable bonds is 7. The van der Waals surface area contributed by atoms with Crippen LogP contribution in [0.3, 0.4) is 0 Å². The number of pyridine rings is 1. The van der Waals surface area contributed by atoms with Crippen LogP contribution in [0, 0.1) is 0 Å². The van der Waals surface area contributed by atoms with Gasteiger partial charge in [0.25, 0.3) is 5.56 Å². The Bertz CT molecular complexity index is 1440. The van der Waals surface area contributed by atoms with Gasteiger partial charge in [-0.25, -0.2) is 19.3 Å². The monoisotopic (exact) mass is 475 g/mol. The SMILES string of the molecule is COCCn1c(=O)c2cnc(Nc3ccc4c(c3)CCNC4)nc2n1-c1cccc(C(C)(C)O)n1. The Balaban J connectivity index is 1.61. The summed E-state index contributed by atoms with van der Waals surface area (Å²) in [5.41, 5.74) is 3.01. The minimum absolute atomic E-state index is 0.236. The van der Waals surface area contributed by atoms with Crippen molar-refractivity contribution in [2.45, 2.75) is 39.0 Å². The van der Waals surface area contributed by atoms with Crippen LogP contribution in [-0.4, -0.2) is 49.7 Å². The molecule has 0 radical (unpaired) electrons. The lowest BCUT2D eigenvalue weighted by atomic mass is 10.0. The van der Waals surface area contributed by atoms with E-state index in [0.717, 1.165) is 25.2 Å². The molecule has 4 heterocycles. The van der Waals surface area contributed by atoms with E-state index in [1.165, 1.54) is 22.0 Å². The van der Waals surface area contributed by atoms with Crippen molar-refractivity contribution in [1.82, 2.24) is 29.6 Å². The zero-order valence-corrected chi connectivity index (χ0v) is 20.1. The molecule has 0 aliphatic carbocycles. The lowest BCUT2D eigenvalue weighted by Gasteiger charge is -2.19. The molecule has 4 aromatic rings. The minimum Gasteiger partial charge on any atom is -0.384 e. The Hall–Kier alpha value is -3.60. The summed E-state index contributed by atoms with van der Waals surface area (Å²) in [4.78, 5) is 27.0. The smallest absolute Gasteiger partial charge is 0.278 e. The van der Waals surface area contributed by atoms with E-state index in [9.17, 15) is 9.90 Å². The van der Waals surface area contributed by atoms with Gasteiger partial charge in [-0.05, 0) is 62.2 Å². The maximum Gasteiger partial charge on any atom is 0.278 e. The molecule has 3 aromatic heterocycles. The molecule has 0 saturated carbocycles. The van der Waals surface area contributed by atoms with E-state index in [4.69, 9.17) is 9.72 Å². The number of ether oxygens (including phenoxy) is 1. The highest BCUT2D eigenvalue weighted by atomic mass is 16.5. The molecule has 10 heteroatoms. The first-order valence-corrected chi connectivity index (χ1v) is 11.6. The van der Waals surface area contributed by atoms with Crippen molar-refractivity contribution in [1.29, 1.82) is 0 Å². The summed E-state index contributed by atoms with van der Waals surface area (Å²) >= 11 is 0. The van der Waals surface area contributed by atoms with Gasteiger partial charge in [-0.15, -0.1) is 0 Å². The molecular weight excluding hydrogens is 446 g/mol. The molecule has 1 aromatic carbocycles. The third-order valence-electron chi connectivity index (χ3n) is 6.11. The van der Waals surface area contributed by atoms with Gasteiger partial charge in [-0.1, -0.05) is 12.1 Å². The number of methoxy groups -OCH3 is 1. The van der Waals surface area contributed by atoms with Gasteiger partial charge in [0.05, 0.1) is 18.8 Å². The van der Waals surface area contributed by atoms with E-state index in [2.05, 4.69) is 32.7 Å². The van der Waals surface area contributed by atoms with Gasteiger partial charge in [0.2, 0.25) is 5.95 Å². The van der Waals surface area contributed by atoms with E-state index in [1.54, 1.807) is 43.8 Å². The molecule has 0 bridgehead atoms. The van der Waals surface area contributed by atoms with E-state index in [-0.39, 0.29) is 5.56 Å². The summed E-state index contributed by atoms with van der Waals surface area (Å²) in [6, 6.07) is 11.6. The van der Waals surface area contributed by atoms with Gasteiger partial charge in [-0.3, -0.25) is 4.79 Å². The second kappa shape index (κ2) is 9.21. The number of nitrogens with zero attached hydrogens (tertiary/aromatic N) is 5. The zero-order valence-electron chi connectivity index (χ0n) is 20.1. The lowest BCUT2D eigenvalue weighted by Crippen LogP contribution is -2.26. The Morgan fingerprint density at radius 2 is 2.06 bits per heavy atom. The van der Waals surface area contributed by atoms with Crippen molar-refractivity contribution < 1.29 is 9.84 Å². The van der Waals surface area contributed by atoms with Crippen LogP contribution in [0.25, 0.3) is 16.9 Å². The molecule has 1 aliphatic rings. The average molecular weight is 476 g/mol. The molecule has 1 aliphatic heterocycles. The fourth-order valence-corrected chi connectivity index (χ4v) is 4.27. The summed E-state index contributed by atoms with van der Waals surface area (Å²) in [6.07, 6.45) is 2.50.